The molecule has 1 saturated heterocycles. The fourth-order valence-corrected chi connectivity index (χ4v) is 4.97. The van der Waals surface area contributed by atoms with Crippen molar-refractivity contribution in [3.05, 3.63) is 52.0 Å². The number of methoxy groups -OCH3 is 1. The van der Waals surface area contributed by atoms with Crippen LogP contribution in [0.2, 0.25) is 5.02 Å². The molecule has 1 aliphatic rings. The summed E-state index contributed by atoms with van der Waals surface area (Å²) in [5.74, 6) is -0.633. The van der Waals surface area contributed by atoms with Crippen LogP contribution >= 0.6 is 11.6 Å². The van der Waals surface area contributed by atoms with Crippen LogP contribution in [0.3, 0.4) is 0 Å². The summed E-state index contributed by atoms with van der Waals surface area (Å²) in [5.41, 5.74) is 4.19. The fraction of sp³-hybridized carbons (Fsp3) is 0.286. The summed E-state index contributed by atoms with van der Waals surface area (Å²) in [6.07, 6.45) is 1.47. The second-order valence-electron chi connectivity index (χ2n) is 7.44. The molecule has 0 radical (unpaired) electrons. The van der Waals surface area contributed by atoms with Crippen molar-refractivity contribution in [2.24, 2.45) is 16.2 Å². The van der Waals surface area contributed by atoms with Crippen molar-refractivity contribution in [3.63, 3.8) is 0 Å². The summed E-state index contributed by atoms with van der Waals surface area (Å²) in [7, 11) is -2.41. The lowest BCUT2D eigenvalue weighted by Crippen LogP contribution is -2.30. The SMILES string of the molecule is COc1ccc(/C=N/NC(=O)C2CC(=O)N(c3cc(C)c(S(N)(=O)=O)c(C)c3Cl)C2)cc1. The number of sulfonamides is 1. The minimum absolute atomic E-state index is 0.0186. The Morgan fingerprint density at radius 3 is 2.56 bits per heavy atom. The zero-order chi connectivity index (χ0) is 23.6. The van der Waals surface area contributed by atoms with E-state index < -0.39 is 21.8 Å². The van der Waals surface area contributed by atoms with Crippen LogP contribution in [0.15, 0.2) is 40.3 Å². The largest absolute Gasteiger partial charge is 0.497 e. The van der Waals surface area contributed by atoms with Crippen molar-refractivity contribution in [2.45, 2.75) is 25.2 Å². The number of nitrogens with zero attached hydrogens (tertiary/aromatic N) is 2. The summed E-state index contributed by atoms with van der Waals surface area (Å²) >= 11 is 6.38. The fourth-order valence-electron chi connectivity index (χ4n) is 3.62. The van der Waals surface area contributed by atoms with Gasteiger partial charge in [-0.2, -0.15) is 5.10 Å². The summed E-state index contributed by atoms with van der Waals surface area (Å²) in [5, 5.41) is 9.33. The highest BCUT2D eigenvalue weighted by Gasteiger charge is 2.37. The van der Waals surface area contributed by atoms with Crippen molar-refractivity contribution in [3.8, 4) is 5.75 Å². The second-order valence-corrected chi connectivity index (χ2v) is 9.31. The van der Waals surface area contributed by atoms with Crippen LogP contribution in [0.25, 0.3) is 0 Å². The molecule has 11 heteroatoms. The molecule has 32 heavy (non-hydrogen) atoms. The van der Waals surface area contributed by atoms with E-state index in [1.807, 2.05) is 0 Å². The summed E-state index contributed by atoms with van der Waals surface area (Å²) < 4.78 is 28.8. The van der Waals surface area contributed by atoms with Gasteiger partial charge in [-0.05, 0) is 60.9 Å². The Morgan fingerprint density at radius 1 is 1.31 bits per heavy atom. The van der Waals surface area contributed by atoms with E-state index in [1.165, 1.54) is 24.1 Å². The van der Waals surface area contributed by atoms with E-state index in [9.17, 15) is 18.0 Å². The molecule has 0 aromatic heterocycles. The molecule has 1 fully saturated rings. The zero-order valence-corrected chi connectivity index (χ0v) is 19.3. The summed E-state index contributed by atoms with van der Waals surface area (Å²) in [6.45, 7) is 3.19. The van der Waals surface area contributed by atoms with E-state index in [4.69, 9.17) is 21.5 Å². The topological polar surface area (TPSA) is 131 Å². The van der Waals surface area contributed by atoms with E-state index in [0.29, 0.717) is 17.0 Å². The highest BCUT2D eigenvalue weighted by molar-refractivity contribution is 7.89. The maximum atomic E-state index is 12.6. The minimum atomic E-state index is -3.98. The first-order chi connectivity index (χ1) is 15.0. The lowest BCUT2D eigenvalue weighted by Gasteiger charge is -2.21. The Labute approximate surface area is 191 Å². The maximum Gasteiger partial charge on any atom is 0.245 e. The van der Waals surface area contributed by atoms with Gasteiger partial charge in [-0.1, -0.05) is 11.6 Å². The number of halogens is 1. The van der Waals surface area contributed by atoms with Gasteiger partial charge in [-0.15, -0.1) is 0 Å². The number of nitrogens with two attached hydrogens (primary N) is 1. The predicted molar refractivity (Wildman–Crippen MR) is 121 cm³/mol. The van der Waals surface area contributed by atoms with Crippen molar-refractivity contribution in [1.82, 2.24) is 5.43 Å². The van der Waals surface area contributed by atoms with Gasteiger partial charge in [-0.25, -0.2) is 19.0 Å². The quantitative estimate of drug-likeness (QED) is 0.485. The Morgan fingerprint density at radius 2 is 1.97 bits per heavy atom. The Bertz CT molecular complexity index is 1200. The van der Waals surface area contributed by atoms with Gasteiger partial charge in [0.25, 0.3) is 0 Å². The van der Waals surface area contributed by atoms with Gasteiger partial charge < -0.3 is 9.64 Å². The third kappa shape index (κ3) is 4.93. The normalized spacial score (nSPS) is 16.6. The van der Waals surface area contributed by atoms with Gasteiger partial charge >= 0.3 is 0 Å². The van der Waals surface area contributed by atoms with Crippen molar-refractivity contribution in [1.29, 1.82) is 0 Å². The molecule has 2 aromatic rings. The van der Waals surface area contributed by atoms with E-state index in [-0.39, 0.29) is 34.4 Å². The second kappa shape index (κ2) is 9.27. The van der Waals surface area contributed by atoms with Crippen LogP contribution < -0.4 is 20.2 Å². The van der Waals surface area contributed by atoms with E-state index >= 15 is 0 Å². The molecule has 170 valence electrons. The van der Waals surface area contributed by atoms with Crippen LogP contribution in [-0.4, -0.2) is 40.1 Å². The van der Waals surface area contributed by atoms with Gasteiger partial charge in [0.2, 0.25) is 21.8 Å². The number of amides is 2. The average Bonchev–Trinajstić information content (AvgIpc) is 3.11. The molecule has 3 rings (SSSR count). The van der Waals surface area contributed by atoms with E-state index in [1.54, 1.807) is 38.3 Å². The lowest BCUT2D eigenvalue weighted by molar-refractivity contribution is -0.126. The Kier molecular flexibility index (Phi) is 6.87. The van der Waals surface area contributed by atoms with Gasteiger partial charge in [0.05, 0.1) is 34.8 Å². The van der Waals surface area contributed by atoms with E-state index in [2.05, 4.69) is 10.5 Å². The molecular weight excluding hydrogens is 456 g/mol. The van der Waals surface area contributed by atoms with Gasteiger partial charge in [0.1, 0.15) is 5.75 Å². The number of carbonyl (C=O) groups excluding carboxylic acids is 2. The van der Waals surface area contributed by atoms with Crippen LogP contribution in [0, 0.1) is 19.8 Å². The number of hydrazone groups is 1. The molecule has 1 unspecified atom stereocenters. The van der Waals surface area contributed by atoms with Gasteiger partial charge in [0.15, 0.2) is 0 Å². The number of carbonyl (C=O) groups is 2. The van der Waals surface area contributed by atoms with Gasteiger partial charge in [0, 0.05) is 13.0 Å². The zero-order valence-electron chi connectivity index (χ0n) is 17.8. The van der Waals surface area contributed by atoms with Crippen LogP contribution in [-0.2, 0) is 19.6 Å². The molecule has 2 amide bonds. The third-order valence-corrected chi connectivity index (χ3v) is 6.86. The summed E-state index contributed by atoms with van der Waals surface area (Å²) in [4.78, 5) is 26.4. The molecule has 0 saturated carbocycles. The first kappa shape index (κ1) is 23.7. The minimum Gasteiger partial charge on any atom is -0.497 e. The first-order valence-electron chi connectivity index (χ1n) is 9.62. The molecular formula is C21H23ClN4O5S. The predicted octanol–water partition coefficient (Wildman–Crippen LogP) is 2.12. The number of ether oxygens (including phenoxy) is 1. The maximum absolute atomic E-state index is 12.6. The van der Waals surface area contributed by atoms with Crippen LogP contribution in [0.5, 0.6) is 5.75 Å². The lowest BCUT2D eigenvalue weighted by atomic mass is 10.1. The Hall–Kier alpha value is -2.95. The number of benzene rings is 2. The summed E-state index contributed by atoms with van der Waals surface area (Å²) in [6, 6.07) is 8.60. The average molecular weight is 479 g/mol. The molecule has 2 aromatic carbocycles. The molecule has 1 atom stereocenters. The van der Waals surface area contributed by atoms with Gasteiger partial charge in [-0.3, -0.25) is 9.59 Å². The molecule has 1 heterocycles. The van der Waals surface area contributed by atoms with Crippen molar-refractivity contribution in [2.75, 3.05) is 18.6 Å². The number of aryl methyl sites for hydroxylation is 1. The van der Waals surface area contributed by atoms with Crippen LogP contribution in [0.1, 0.15) is 23.1 Å². The highest BCUT2D eigenvalue weighted by Crippen LogP contribution is 2.38. The van der Waals surface area contributed by atoms with Crippen molar-refractivity contribution < 1.29 is 22.7 Å². The molecule has 1 aliphatic heterocycles. The molecule has 0 aliphatic carbocycles. The number of anilines is 1. The number of nitrogens with one attached hydrogen (secondary N) is 1. The number of hydrogen-bond acceptors (Lipinski definition) is 6. The smallest absolute Gasteiger partial charge is 0.245 e. The number of hydrogen-bond donors (Lipinski definition) is 2. The molecule has 0 bridgehead atoms. The van der Waals surface area contributed by atoms with Crippen LogP contribution in [0.4, 0.5) is 5.69 Å². The highest BCUT2D eigenvalue weighted by atomic mass is 35.5. The standard InChI is InChI=1S/C21H23ClN4O5S/c1-12-8-17(19(22)13(2)20(12)32(23,29)30)26-11-15(9-18(26)27)21(28)25-24-10-14-4-6-16(31-3)7-5-14/h4-8,10,15H,9,11H2,1-3H3,(H,25,28)(H2,23,29,30)/b24-10+. The molecule has 0 spiro atoms. The van der Waals surface area contributed by atoms with Crippen molar-refractivity contribution >= 4 is 45.3 Å². The van der Waals surface area contributed by atoms with E-state index in [0.717, 1.165) is 5.56 Å². The third-order valence-electron chi connectivity index (χ3n) is 5.18. The number of primary sulfonamides is 1. The number of rotatable bonds is 6. The Balaban J connectivity index is 1.73. The monoisotopic (exact) mass is 478 g/mol. The first-order valence-corrected chi connectivity index (χ1v) is 11.5. The molecule has 9 nitrogen and oxygen atoms in total. The molecule has 3 N–H and O–H groups in total.